The number of pyridine rings is 1. The van der Waals surface area contributed by atoms with Crippen LogP contribution in [0.25, 0.3) is 23.3 Å². The average Bonchev–Trinajstić information content (AvgIpc) is 2.93. The first kappa shape index (κ1) is 13.3. The van der Waals surface area contributed by atoms with Gasteiger partial charge in [-0.15, -0.1) is 0 Å². The van der Waals surface area contributed by atoms with Crippen LogP contribution < -0.4 is 4.74 Å². The zero-order chi connectivity index (χ0) is 15.6. The molecule has 108 valence electrons. The molecule has 1 aliphatic heterocycles. The summed E-state index contributed by atoms with van der Waals surface area (Å²) in [7, 11) is 0. The molecule has 2 aromatic carbocycles. The lowest BCUT2D eigenvalue weighted by Gasteiger charge is -2.09. The number of benzene rings is 2. The van der Waals surface area contributed by atoms with Gasteiger partial charge >= 0.3 is 0 Å². The number of ether oxygens (including phenoxy) is 1. The highest BCUT2D eigenvalue weighted by atomic mass is 16.5. The number of nitrogens with zero attached hydrogens (tertiary/aromatic N) is 2. The van der Waals surface area contributed by atoms with E-state index in [0.717, 1.165) is 34.0 Å². The van der Waals surface area contributed by atoms with Gasteiger partial charge in [0.1, 0.15) is 11.5 Å². The summed E-state index contributed by atoms with van der Waals surface area (Å²) in [6, 6.07) is 21.4. The molecule has 23 heavy (non-hydrogen) atoms. The zero-order valence-corrected chi connectivity index (χ0v) is 12.2. The third-order valence-corrected chi connectivity index (χ3v) is 3.69. The summed E-state index contributed by atoms with van der Waals surface area (Å²) in [6.07, 6.45) is 3.92. The molecule has 0 radical (unpaired) electrons. The van der Waals surface area contributed by atoms with Crippen LogP contribution in [-0.2, 0) is 0 Å². The molecule has 1 aliphatic rings. The molecule has 0 fully saturated rings. The van der Waals surface area contributed by atoms with Gasteiger partial charge < -0.3 is 4.74 Å². The van der Waals surface area contributed by atoms with Gasteiger partial charge in [0.25, 0.3) is 0 Å². The van der Waals surface area contributed by atoms with E-state index in [-0.39, 0.29) is 0 Å². The number of rotatable bonds is 3. The van der Waals surface area contributed by atoms with Gasteiger partial charge in [-0.05, 0) is 41.5 Å². The maximum Gasteiger partial charge on any atom is 0.131 e. The number of aromatic nitrogens is 1. The number of hydrogen-bond acceptors (Lipinski definition) is 3. The van der Waals surface area contributed by atoms with Crippen molar-refractivity contribution in [2.24, 2.45) is 0 Å². The Hall–Kier alpha value is -3.38. The van der Waals surface area contributed by atoms with E-state index in [0.29, 0.717) is 5.56 Å². The Balaban J connectivity index is 1.68. The Morgan fingerprint density at radius 1 is 0.826 bits per heavy atom. The lowest BCUT2D eigenvalue weighted by molar-refractivity contribution is 0.482. The third kappa shape index (κ3) is 2.58. The number of nitriles is 1. The molecule has 0 amide bonds. The van der Waals surface area contributed by atoms with Gasteiger partial charge in [0.05, 0.1) is 23.0 Å². The summed E-state index contributed by atoms with van der Waals surface area (Å²) in [4.78, 5) is 4.35. The van der Waals surface area contributed by atoms with Gasteiger partial charge in [-0.1, -0.05) is 30.3 Å². The van der Waals surface area contributed by atoms with Gasteiger partial charge in [0.2, 0.25) is 0 Å². The van der Waals surface area contributed by atoms with E-state index >= 15 is 0 Å². The van der Waals surface area contributed by atoms with Gasteiger partial charge in [-0.3, -0.25) is 0 Å². The van der Waals surface area contributed by atoms with Crippen LogP contribution in [-0.4, -0.2) is 4.98 Å². The molecule has 2 heterocycles. The molecular formula is C20H12N2O. The molecule has 3 nitrogen and oxygen atoms in total. The molecular weight excluding hydrogens is 284 g/mol. The van der Waals surface area contributed by atoms with Crippen molar-refractivity contribution in [3.8, 4) is 28.7 Å². The van der Waals surface area contributed by atoms with E-state index in [9.17, 15) is 5.26 Å². The lowest BCUT2D eigenvalue weighted by Crippen LogP contribution is -1.89. The van der Waals surface area contributed by atoms with Gasteiger partial charge in [0, 0.05) is 12.1 Å². The molecule has 0 saturated carbocycles. The second-order valence-corrected chi connectivity index (χ2v) is 5.27. The zero-order valence-electron chi connectivity index (χ0n) is 12.2. The van der Waals surface area contributed by atoms with Crippen LogP contribution in [0.4, 0.5) is 0 Å². The molecule has 0 N–H and O–H groups in total. The fourth-order valence-corrected chi connectivity index (χ4v) is 2.64. The maximum atomic E-state index is 9.26. The highest BCUT2D eigenvalue weighted by Gasteiger charge is 2.08. The summed E-state index contributed by atoms with van der Waals surface area (Å²) in [5.41, 5.74) is 4.33. The minimum atomic E-state index is 0.653. The van der Waals surface area contributed by atoms with Gasteiger partial charge in [-0.25, -0.2) is 4.98 Å². The van der Waals surface area contributed by atoms with Gasteiger partial charge in [-0.2, -0.15) is 5.26 Å². The van der Waals surface area contributed by atoms with E-state index in [2.05, 4.69) is 11.1 Å². The van der Waals surface area contributed by atoms with Crippen LogP contribution >= 0.6 is 0 Å². The van der Waals surface area contributed by atoms with E-state index < -0.39 is 0 Å². The van der Waals surface area contributed by atoms with Crippen LogP contribution in [0, 0.1) is 11.3 Å². The normalized spacial score (nSPS) is 11.3. The van der Waals surface area contributed by atoms with Crippen molar-refractivity contribution in [2.45, 2.75) is 0 Å². The third-order valence-electron chi connectivity index (χ3n) is 3.69. The second-order valence-electron chi connectivity index (χ2n) is 5.27. The minimum absolute atomic E-state index is 0.653. The summed E-state index contributed by atoms with van der Waals surface area (Å²) < 4.78 is 5.95. The number of fused-ring (bicyclic) bond motifs is 2. The van der Waals surface area contributed by atoms with Crippen molar-refractivity contribution in [1.29, 1.82) is 5.26 Å². The summed E-state index contributed by atoms with van der Waals surface area (Å²) >= 11 is 0. The molecule has 3 heteroatoms. The van der Waals surface area contributed by atoms with E-state index in [1.165, 1.54) is 0 Å². The second kappa shape index (κ2) is 5.43. The summed E-state index contributed by atoms with van der Waals surface area (Å²) in [6.45, 7) is 0. The van der Waals surface area contributed by atoms with Crippen molar-refractivity contribution in [2.75, 3.05) is 0 Å². The molecule has 2 bridgehead atoms. The molecule has 0 unspecified atom stereocenters. The Kier molecular flexibility index (Phi) is 3.14. The van der Waals surface area contributed by atoms with Crippen LogP contribution in [0.3, 0.4) is 0 Å². The highest BCUT2D eigenvalue weighted by molar-refractivity contribution is 5.74. The Bertz CT molecular complexity index is 943. The largest absolute Gasteiger partial charge is 0.457 e. The van der Waals surface area contributed by atoms with Crippen molar-refractivity contribution in [3.05, 3.63) is 77.6 Å². The Labute approximate surface area is 134 Å². The summed E-state index contributed by atoms with van der Waals surface area (Å²) in [5.74, 6) is 1.50. The first-order chi connectivity index (χ1) is 11.3. The highest BCUT2D eigenvalue weighted by Crippen LogP contribution is 2.30. The van der Waals surface area contributed by atoms with Crippen LogP contribution in [0.2, 0.25) is 0 Å². The first-order valence-electron chi connectivity index (χ1n) is 7.29. The quantitative estimate of drug-likeness (QED) is 0.540. The summed E-state index contributed by atoms with van der Waals surface area (Å²) in [5, 5.41) is 9.26. The van der Waals surface area contributed by atoms with Crippen molar-refractivity contribution < 1.29 is 4.74 Å². The Morgan fingerprint density at radius 3 is 2.39 bits per heavy atom. The van der Waals surface area contributed by atoms with Gasteiger partial charge in [0.15, 0.2) is 0 Å². The molecule has 0 saturated heterocycles. The first-order valence-corrected chi connectivity index (χ1v) is 7.29. The van der Waals surface area contributed by atoms with Crippen LogP contribution in [0.15, 0.2) is 60.7 Å². The fourth-order valence-electron chi connectivity index (χ4n) is 2.64. The van der Waals surface area contributed by atoms with E-state index in [1.807, 2.05) is 72.8 Å². The lowest BCUT2D eigenvalue weighted by atomic mass is 10.0. The van der Waals surface area contributed by atoms with Crippen molar-refractivity contribution in [1.82, 2.24) is 4.98 Å². The predicted octanol–water partition coefficient (Wildman–Crippen LogP) is 4.90. The molecule has 0 spiro atoms. The smallest absolute Gasteiger partial charge is 0.131 e. The topological polar surface area (TPSA) is 45.9 Å². The monoisotopic (exact) mass is 296 g/mol. The fraction of sp³-hybridized carbons (Fsp3) is 0. The number of hydrogen-bond donors (Lipinski definition) is 0. The predicted molar refractivity (Wildman–Crippen MR) is 89.8 cm³/mol. The van der Waals surface area contributed by atoms with Crippen molar-refractivity contribution >= 4 is 12.2 Å². The van der Waals surface area contributed by atoms with Crippen LogP contribution in [0.5, 0.6) is 11.5 Å². The van der Waals surface area contributed by atoms with Crippen LogP contribution in [0.1, 0.15) is 17.0 Å². The van der Waals surface area contributed by atoms with Crippen molar-refractivity contribution in [3.63, 3.8) is 0 Å². The molecule has 4 rings (SSSR count). The Morgan fingerprint density at radius 2 is 1.61 bits per heavy atom. The average molecular weight is 296 g/mol. The van der Waals surface area contributed by atoms with E-state index in [1.54, 1.807) is 0 Å². The minimum Gasteiger partial charge on any atom is -0.457 e. The molecule has 0 aliphatic carbocycles. The molecule has 1 aromatic heterocycles. The maximum absolute atomic E-state index is 9.26. The standard InChI is InChI=1S/C20H12N2O/c21-13-15-4-1-2-7-20(15)14-5-3-6-18(10-14)23-19-11-16-8-9-17(12-19)22-16/h1-12H. The SMILES string of the molecule is N#Cc1ccccc1-c1cccc(Oc2cc3nc(c2)C=C3)c1. The molecule has 0 atom stereocenters. The van der Waals surface area contributed by atoms with E-state index in [4.69, 9.17) is 4.74 Å². The molecule has 3 aromatic rings.